The van der Waals surface area contributed by atoms with Crippen LogP contribution in [0.3, 0.4) is 0 Å². The molecule has 1 aromatic carbocycles. The maximum atomic E-state index is 12.3. The van der Waals surface area contributed by atoms with E-state index in [1.807, 2.05) is 26.8 Å². The number of carbonyl (C=O) groups excluding carboxylic acids is 1. The predicted octanol–water partition coefficient (Wildman–Crippen LogP) is 2.90. The first kappa shape index (κ1) is 15.5. The van der Waals surface area contributed by atoms with Crippen LogP contribution >= 0.6 is 11.3 Å². The lowest BCUT2D eigenvalue weighted by molar-refractivity contribution is -0.121. The lowest BCUT2D eigenvalue weighted by atomic mass is 10.0. The molecule has 1 amide bonds. The third kappa shape index (κ3) is 3.19. The smallest absolute Gasteiger partial charge is 0.225 e. The van der Waals surface area contributed by atoms with Gasteiger partial charge in [0.15, 0.2) is 0 Å². The standard InChI is InChI=1S/C16H18N4O2S/c1-8-4-9(2)14-11(7-22-12(14)5-8)6-13(21)18-10(3)15-19-20-16(17)23-15/h4-5,7,10H,6H2,1-3H3,(H2,17,20)(H,18,21)/t10-/m1/s1. The zero-order chi connectivity index (χ0) is 16.6. The van der Waals surface area contributed by atoms with Crippen molar-refractivity contribution >= 4 is 33.3 Å². The van der Waals surface area contributed by atoms with E-state index in [4.69, 9.17) is 10.2 Å². The molecule has 0 aliphatic rings. The molecular weight excluding hydrogens is 312 g/mol. The Morgan fingerprint density at radius 2 is 2.17 bits per heavy atom. The number of benzene rings is 1. The topological polar surface area (TPSA) is 94.0 Å². The number of nitrogens with two attached hydrogens (primary N) is 1. The molecule has 2 heterocycles. The molecule has 120 valence electrons. The fraction of sp³-hybridized carbons (Fsp3) is 0.312. The van der Waals surface area contributed by atoms with Crippen LogP contribution in [-0.4, -0.2) is 16.1 Å². The molecule has 1 atom stereocenters. The molecule has 23 heavy (non-hydrogen) atoms. The van der Waals surface area contributed by atoms with Crippen LogP contribution in [0.4, 0.5) is 5.13 Å². The van der Waals surface area contributed by atoms with Gasteiger partial charge in [-0.3, -0.25) is 4.79 Å². The monoisotopic (exact) mass is 330 g/mol. The van der Waals surface area contributed by atoms with E-state index >= 15 is 0 Å². The van der Waals surface area contributed by atoms with Crippen LogP contribution in [0.15, 0.2) is 22.8 Å². The van der Waals surface area contributed by atoms with Gasteiger partial charge in [0.2, 0.25) is 11.0 Å². The van der Waals surface area contributed by atoms with Crippen molar-refractivity contribution < 1.29 is 9.21 Å². The second-order valence-electron chi connectivity index (χ2n) is 5.66. The SMILES string of the molecule is Cc1cc(C)c2c(CC(=O)N[C@H](C)c3nnc(N)s3)coc2c1. The number of nitrogens with one attached hydrogen (secondary N) is 1. The second kappa shape index (κ2) is 6.00. The number of carbonyl (C=O) groups is 1. The van der Waals surface area contributed by atoms with E-state index in [0.717, 1.165) is 27.7 Å². The number of nitrogen functional groups attached to an aromatic ring is 1. The minimum absolute atomic E-state index is 0.0889. The van der Waals surface area contributed by atoms with E-state index in [0.29, 0.717) is 10.1 Å². The van der Waals surface area contributed by atoms with E-state index < -0.39 is 0 Å². The third-order valence-corrected chi connectivity index (χ3v) is 4.58. The zero-order valence-corrected chi connectivity index (χ0v) is 14.0. The van der Waals surface area contributed by atoms with E-state index in [9.17, 15) is 4.79 Å². The lowest BCUT2D eigenvalue weighted by Crippen LogP contribution is -2.28. The molecule has 3 aromatic rings. The number of hydrogen-bond acceptors (Lipinski definition) is 6. The highest BCUT2D eigenvalue weighted by molar-refractivity contribution is 7.15. The molecule has 6 nitrogen and oxygen atoms in total. The van der Waals surface area contributed by atoms with Gasteiger partial charge in [-0.25, -0.2) is 0 Å². The molecule has 0 bridgehead atoms. The molecule has 3 N–H and O–H groups in total. The first-order chi connectivity index (χ1) is 10.9. The molecular formula is C16H18N4O2S. The van der Waals surface area contributed by atoms with Crippen molar-refractivity contribution in [1.82, 2.24) is 15.5 Å². The maximum Gasteiger partial charge on any atom is 0.225 e. The van der Waals surface area contributed by atoms with Crippen molar-refractivity contribution in [3.8, 4) is 0 Å². The van der Waals surface area contributed by atoms with Gasteiger partial charge in [0, 0.05) is 10.9 Å². The number of aromatic nitrogens is 2. The van der Waals surface area contributed by atoms with E-state index in [1.54, 1.807) is 6.26 Å². The Balaban J connectivity index is 1.75. The van der Waals surface area contributed by atoms with Gasteiger partial charge >= 0.3 is 0 Å². The summed E-state index contributed by atoms with van der Waals surface area (Å²) < 4.78 is 5.59. The van der Waals surface area contributed by atoms with Crippen molar-refractivity contribution in [3.05, 3.63) is 40.1 Å². The molecule has 0 saturated heterocycles. The molecule has 2 aromatic heterocycles. The molecule has 0 unspecified atom stereocenters. The molecule has 0 radical (unpaired) electrons. The molecule has 0 aliphatic carbocycles. The molecule has 0 aliphatic heterocycles. The van der Waals surface area contributed by atoms with Crippen molar-refractivity contribution in [2.75, 3.05) is 5.73 Å². The Bertz CT molecular complexity index is 868. The second-order valence-corrected chi connectivity index (χ2v) is 6.70. The van der Waals surface area contributed by atoms with E-state index in [2.05, 4.69) is 21.6 Å². The summed E-state index contributed by atoms with van der Waals surface area (Å²) in [5.41, 5.74) is 9.52. The van der Waals surface area contributed by atoms with Crippen LogP contribution in [0.25, 0.3) is 11.0 Å². The Labute approximate surface area is 137 Å². The normalized spacial score (nSPS) is 12.5. The minimum atomic E-state index is -0.223. The van der Waals surface area contributed by atoms with Gasteiger partial charge in [-0.05, 0) is 38.0 Å². The van der Waals surface area contributed by atoms with E-state index in [-0.39, 0.29) is 18.4 Å². The van der Waals surface area contributed by atoms with Crippen molar-refractivity contribution in [3.63, 3.8) is 0 Å². The van der Waals surface area contributed by atoms with Gasteiger partial charge in [-0.1, -0.05) is 17.4 Å². The van der Waals surface area contributed by atoms with Gasteiger partial charge < -0.3 is 15.5 Å². The first-order valence-electron chi connectivity index (χ1n) is 7.29. The summed E-state index contributed by atoms with van der Waals surface area (Å²) in [6.07, 6.45) is 1.92. The summed E-state index contributed by atoms with van der Waals surface area (Å²) in [5.74, 6) is -0.0889. The lowest BCUT2D eigenvalue weighted by Gasteiger charge is -2.10. The number of hydrogen-bond donors (Lipinski definition) is 2. The summed E-state index contributed by atoms with van der Waals surface area (Å²) in [4.78, 5) is 12.3. The Hall–Kier alpha value is -2.41. The predicted molar refractivity (Wildman–Crippen MR) is 90.3 cm³/mol. The highest BCUT2D eigenvalue weighted by Crippen LogP contribution is 2.27. The number of rotatable bonds is 4. The van der Waals surface area contributed by atoms with Gasteiger partial charge in [0.1, 0.15) is 10.6 Å². The van der Waals surface area contributed by atoms with Crippen molar-refractivity contribution in [2.24, 2.45) is 0 Å². The van der Waals surface area contributed by atoms with Crippen molar-refractivity contribution in [2.45, 2.75) is 33.2 Å². The quantitative estimate of drug-likeness (QED) is 0.767. The molecule has 3 rings (SSSR count). The summed E-state index contributed by atoms with van der Waals surface area (Å²) in [5, 5.41) is 12.7. The average molecular weight is 330 g/mol. The highest BCUT2D eigenvalue weighted by Gasteiger charge is 2.17. The summed E-state index contributed by atoms with van der Waals surface area (Å²) in [6.45, 7) is 5.91. The maximum absolute atomic E-state index is 12.3. The largest absolute Gasteiger partial charge is 0.464 e. The number of fused-ring (bicyclic) bond motifs is 1. The highest BCUT2D eigenvalue weighted by atomic mass is 32.1. The summed E-state index contributed by atoms with van der Waals surface area (Å²) >= 11 is 1.27. The van der Waals surface area contributed by atoms with Crippen LogP contribution in [0.1, 0.15) is 34.7 Å². The van der Waals surface area contributed by atoms with Crippen LogP contribution in [0.2, 0.25) is 0 Å². The molecule has 0 fully saturated rings. The summed E-state index contributed by atoms with van der Waals surface area (Å²) in [7, 11) is 0. The number of anilines is 1. The minimum Gasteiger partial charge on any atom is -0.464 e. The Kier molecular flexibility index (Phi) is 4.04. The Morgan fingerprint density at radius 1 is 1.39 bits per heavy atom. The van der Waals surface area contributed by atoms with Crippen LogP contribution < -0.4 is 11.1 Å². The molecule has 0 saturated carbocycles. The van der Waals surface area contributed by atoms with Crippen LogP contribution in [0, 0.1) is 13.8 Å². The van der Waals surface area contributed by atoms with E-state index in [1.165, 1.54) is 11.3 Å². The summed E-state index contributed by atoms with van der Waals surface area (Å²) in [6, 6.07) is 3.85. The first-order valence-corrected chi connectivity index (χ1v) is 8.11. The van der Waals surface area contributed by atoms with Gasteiger partial charge in [0.25, 0.3) is 0 Å². The Morgan fingerprint density at radius 3 is 2.87 bits per heavy atom. The number of nitrogens with zero attached hydrogens (tertiary/aromatic N) is 2. The number of amides is 1. The fourth-order valence-electron chi connectivity index (χ4n) is 2.71. The molecule has 7 heteroatoms. The number of aryl methyl sites for hydroxylation is 2. The average Bonchev–Trinajstić information content (AvgIpc) is 3.05. The number of furan rings is 1. The third-order valence-electron chi connectivity index (χ3n) is 3.65. The van der Waals surface area contributed by atoms with Gasteiger partial charge in [-0.2, -0.15) is 0 Å². The van der Waals surface area contributed by atoms with Crippen molar-refractivity contribution in [1.29, 1.82) is 0 Å². The zero-order valence-electron chi connectivity index (χ0n) is 13.2. The van der Waals surface area contributed by atoms with Gasteiger partial charge in [0.05, 0.1) is 18.7 Å². The van der Waals surface area contributed by atoms with Crippen LogP contribution in [-0.2, 0) is 11.2 Å². The van der Waals surface area contributed by atoms with Gasteiger partial charge in [-0.15, -0.1) is 10.2 Å². The van der Waals surface area contributed by atoms with Crippen LogP contribution in [0.5, 0.6) is 0 Å². The molecule has 0 spiro atoms. The fourth-order valence-corrected chi connectivity index (χ4v) is 3.32.